The Morgan fingerprint density at radius 3 is 2.85 bits per heavy atom. The van der Waals surface area contributed by atoms with Gasteiger partial charge < -0.3 is 10.4 Å². The predicted octanol–water partition coefficient (Wildman–Crippen LogP) is 1.71. The van der Waals surface area contributed by atoms with Crippen molar-refractivity contribution in [2.45, 2.75) is 13.3 Å². The maximum atomic E-state index is 10.8. The van der Waals surface area contributed by atoms with Crippen molar-refractivity contribution in [2.75, 3.05) is 6.54 Å². The number of phenols is 1. The molecule has 0 aromatic heterocycles. The van der Waals surface area contributed by atoms with Crippen molar-refractivity contribution < 1.29 is 14.8 Å². The summed E-state index contributed by atoms with van der Waals surface area (Å²) in [6.07, 6.45) is 3.63. The molecule has 0 heterocycles. The van der Waals surface area contributed by atoms with Gasteiger partial charge in [-0.1, -0.05) is 12.2 Å². The highest BCUT2D eigenvalue weighted by molar-refractivity contribution is 5.72. The van der Waals surface area contributed by atoms with Crippen LogP contribution in [-0.4, -0.2) is 22.5 Å². The maximum absolute atomic E-state index is 10.8. The summed E-state index contributed by atoms with van der Waals surface area (Å²) < 4.78 is 0. The van der Waals surface area contributed by atoms with Crippen LogP contribution in [0.2, 0.25) is 0 Å². The van der Waals surface area contributed by atoms with Crippen LogP contribution in [0.15, 0.2) is 18.2 Å². The second-order valence-electron chi connectivity index (χ2n) is 3.98. The number of nitrogens with zero attached hydrogens (tertiary/aromatic N) is 2. The summed E-state index contributed by atoms with van der Waals surface area (Å²) in [5.41, 5.74) is -0.222. The molecule has 7 heteroatoms. The van der Waals surface area contributed by atoms with Gasteiger partial charge in [0.2, 0.25) is 11.7 Å². The number of phenolic OH excluding ortho intramolecular Hbond substituents is 1. The fraction of sp³-hybridized carbons (Fsp3) is 0.231. The van der Waals surface area contributed by atoms with E-state index in [0.29, 0.717) is 13.0 Å². The third-order valence-corrected chi connectivity index (χ3v) is 2.43. The van der Waals surface area contributed by atoms with Gasteiger partial charge in [-0.25, -0.2) is 0 Å². The number of rotatable bonds is 5. The normalized spacial score (nSPS) is 10.2. The Labute approximate surface area is 115 Å². The Bertz CT molecular complexity index is 602. The molecule has 20 heavy (non-hydrogen) atoms. The summed E-state index contributed by atoms with van der Waals surface area (Å²) in [5.74, 6) is -0.631. The van der Waals surface area contributed by atoms with Crippen molar-refractivity contribution in [3.8, 4) is 11.8 Å². The molecule has 2 N–H and O–H groups in total. The van der Waals surface area contributed by atoms with Gasteiger partial charge in [0.15, 0.2) is 0 Å². The lowest BCUT2D eigenvalue weighted by molar-refractivity contribution is -0.385. The zero-order chi connectivity index (χ0) is 15.1. The van der Waals surface area contributed by atoms with E-state index in [1.165, 1.54) is 19.1 Å². The molecule has 1 rings (SSSR count). The van der Waals surface area contributed by atoms with Gasteiger partial charge in [0.05, 0.1) is 16.6 Å². The van der Waals surface area contributed by atoms with Crippen molar-refractivity contribution in [1.29, 1.82) is 5.26 Å². The molecule has 7 nitrogen and oxygen atoms in total. The molecular formula is C13H13N3O4. The van der Waals surface area contributed by atoms with Gasteiger partial charge in [0.25, 0.3) is 0 Å². The molecule has 0 spiro atoms. The monoisotopic (exact) mass is 275 g/mol. The van der Waals surface area contributed by atoms with Crippen LogP contribution in [0, 0.1) is 21.4 Å². The number of carbonyl (C=O) groups excluding carboxylic acids is 1. The first-order valence-corrected chi connectivity index (χ1v) is 5.78. The van der Waals surface area contributed by atoms with E-state index < -0.39 is 16.4 Å². The smallest absolute Gasteiger partial charge is 0.312 e. The SMILES string of the molecule is CC(=O)NCCC=Cc1cc(C#N)cc([N+](=O)[O-])c1O. The number of nitrogens with one attached hydrogen (secondary N) is 1. The molecule has 0 saturated carbocycles. The molecule has 104 valence electrons. The fourth-order valence-electron chi connectivity index (χ4n) is 1.51. The van der Waals surface area contributed by atoms with E-state index in [1.54, 1.807) is 12.1 Å². The van der Waals surface area contributed by atoms with E-state index >= 15 is 0 Å². The molecule has 0 saturated heterocycles. The average molecular weight is 275 g/mol. The van der Waals surface area contributed by atoms with Crippen molar-refractivity contribution in [2.24, 2.45) is 0 Å². The number of benzene rings is 1. The van der Waals surface area contributed by atoms with E-state index in [2.05, 4.69) is 5.32 Å². The summed E-state index contributed by atoms with van der Waals surface area (Å²) in [5, 5.41) is 31.9. The third kappa shape index (κ3) is 4.10. The van der Waals surface area contributed by atoms with E-state index in [4.69, 9.17) is 5.26 Å². The lowest BCUT2D eigenvalue weighted by Gasteiger charge is -2.02. The third-order valence-electron chi connectivity index (χ3n) is 2.43. The van der Waals surface area contributed by atoms with E-state index in [0.717, 1.165) is 6.07 Å². The number of nitriles is 1. The average Bonchev–Trinajstić information content (AvgIpc) is 2.39. The maximum Gasteiger partial charge on any atom is 0.312 e. The van der Waals surface area contributed by atoms with Gasteiger partial charge >= 0.3 is 5.69 Å². The summed E-state index contributed by atoms with van der Waals surface area (Å²) in [4.78, 5) is 20.7. The molecule has 0 aliphatic heterocycles. The number of carbonyl (C=O) groups is 1. The van der Waals surface area contributed by atoms with Crippen LogP contribution < -0.4 is 5.32 Å². The van der Waals surface area contributed by atoms with Gasteiger partial charge in [0, 0.05) is 25.1 Å². The molecule has 1 aromatic carbocycles. The second-order valence-corrected chi connectivity index (χ2v) is 3.98. The summed E-state index contributed by atoms with van der Waals surface area (Å²) >= 11 is 0. The Morgan fingerprint density at radius 2 is 2.30 bits per heavy atom. The molecule has 0 aliphatic carbocycles. The molecule has 0 bridgehead atoms. The molecule has 0 unspecified atom stereocenters. The highest BCUT2D eigenvalue weighted by atomic mass is 16.6. The molecule has 1 aromatic rings. The van der Waals surface area contributed by atoms with Gasteiger partial charge in [0.1, 0.15) is 0 Å². The zero-order valence-corrected chi connectivity index (χ0v) is 10.8. The molecule has 0 radical (unpaired) electrons. The predicted molar refractivity (Wildman–Crippen MR) is 71.8 cm³/mol. The van der Waals surface area contributed by atoms with Crippen LogP contribution in [0.3, 0.4) is 0 Å². The number of amides is 1. The molecule has 0 aliphatic rings. The van der Waals surface area contributed by atoms with Crippen molar-refractivity contribution in [1.82, 2.24) is 5.32 Å². The number of nitro groups is 1. The molecule has 1 amide bonds. The van der Waals surface area contributed by atoms with Gasteiger partial charge in [-0.2, -0.15) is 5.26 Å². The minimum Gasteiger partial charge on any atom is -0.502 e. The Hall–Kier alpha value is -2.88. The van der Waals surface area contributed by atoms with Crippen LogP contribution in [0.1, 0.15) is 24.5 Å². The van der Waals surface area contributed by atoms with Crippen molar-refractivity contribution in [3.05, 3.63) is 39.4 Å². The summed E-state index contributed by atoms with van der Waals surface area (Å²) in [6.45, 7) is 1.82. The first kappa shape index (κ1) is 15.2. The molecular weight excluding hydrogens is 262 g/mol. The Morgan fingerprint density at radius 1 is 1.60 bits per heavy atom. The number of hydrogen-bond acceptors (Lipinski definition) is 5. The largest absolute Gasteiger partial charge is 0.502 e. The Balaban J connectivity index is 2.92. The number of nitro benzene ring substituents is 1. The van der Waals surface area contributed by atoms with Crippen molar-refractivity contribution >= 4 is 17.7 Å². The standard InChI is InChI=1S/C13H13N3O4/c1-9(17)15-5-3-2-4-11-6-10(8-14)7-12(13(11)18)16(19)20/h2,4,6-7,18H,3,5H2,1H3,(H,15,17). The van der Waals surface area contributed by atoms with Crippen LogP contribution >= 0.6 is 0 Å². The first-order valence-electron chi connectivity index (χ1n) is 5.78. The van der Waals surface area contributed by atoms with Crippen molar-refractivity contribution in [3.63, 3.8) is 0 Å². The van der Waals surface area contributed by atoms with E-state index in [-0.39, 0.29) is 17.0 Å². The topological polar surface area (TPSA) is 116 Å². The fourth-order valence-corrected chi connectivity index (χ4v) is 1.51. The van der Waals surface area contributed by atoms with Crippen LogP contribution in [0.5, 0.6) is 5.75 Å². The summed E-state index contributed by atoms with van der Waals surface area (Å²) in [6, 6.07) is 4.18. The highest BCUT2D eigenvalue weighted by Gasteiger charge is 2.17. The van der Waals surface area contributed by atoms with E-state index in [9.17, 15) is 20.0 Å². The van der Waals surface area contributed by atoms with Crippen LogP contribution in [-0.2, 0) is 4.79 Å². The lowest BCUT2D eigenvalue weighted by Crippen LogP contribution is -2.20. The van der Waals surface area contributed by atoms with Gasteiger partial charge in [-0.05, 0) is 12.5 Å². The van der Waals surface area contributed by atoms with E-state index in [1.807, 2.05) is 0 Å². The van der Waals surface area contributed by atoms with Crippen LogP contribution in [0.25, 0.3) is 6.08 Å². The Kier molecular flexibility index (Phi) is 5.23. The number of hydrogen-bond donors (Lipinski definition) is 2. The molecule has 0 fully saturated rings. The minimum atomic E-state index is -0.745. The zero-order valence-electron chi connectivity index (χ0n) is 10.8. The number of aromatic hydroxyl groups is 1. The second kappa shape index (κ2) is 6.89. The first-order chi connectivity index (χ1) is 9.45. The van der Waals surface area contributed by atoms with Gasteiger partial charge in [-0.15, -0.1) is 0 Å². The summed E-state index contributed by atoms with van der Waals surface area (Å²) in [7, 11) is 0. The van der Waals surface area contributed by atoms with Crippen LogP contribution in [0.4, 0.5) is 5.69 Å². The highest BCUT2D eigenvalue weighted by Crippen LogP contribution is 2.32. The van der Waals surface area contributed by atoms with Gasteiger partial charge in [-0.3, -0.25) is 14.9 Å². The minimum absolute atomic E-state index is 0.0935. The lowest BCUT2D eigenvalue weighted by atomic mass is 10.1. The molecule has 0 atom stereocenters. The quantitative estimate of drug-likeness (QED) is 0.482.